The Kier molecular flexibility index (Phi) is 7.49. The molecule has 4 rings (SSSR count). The van der Waals surface area contributed by atoms with Gasteiger partial charge in [-0.25, -0.2) is 0 Å². The zero-order chi connectivity index (χ0) is 23.8. The lowest BCUT2D eigenvalue weighted by Crippen LogP contribution is -2.46. The molecule has 1 aliphatic heterocycles. The summed E-state index contributed by atoms with van der Waals surface area (Å²) < 4.78 is 0. The summed E-state index contributed by atoms with van der Waals surface area (Å²) in [6.07, 6.45) is 3.80. The highest BCUT2D eigenvalue weighted by Gasteiger charge is 2.38. The van der Waals surface area contributed by atoms with Crippen LogP contribution in [0, 0.1) is 0 Å². The second kappa shape index (κ2) is 11.1. The Bertz CT molecular complexity index is 1130. The van der Waals surface area contributed by atoms with Gasteiger partial charge >= 0.3 is 0 Å². The van der Waals surface area contributed by atoms with E-state index in [9.17, 15) is 9.59 Å². The Morgan fingerprint density at radius 3 is 2.41 bits per heavy atom. The predicted molar refractivity (Wildman–Crippen MR) is 131 cm³/mol. The average molecular weight is 458 g/mol. The summed E-state index contributed by atoms with van der Waals surface area (Å²) in [6.45, 7) is 1.26. The zero-order valence-corrected chi connectivity index (χ0v) is 19.0. The van der Waals surface area contributed by atoms with Crippen LogP contribution in [-0.4, -0.2) is 60.2 Å². The van der Waals surface area contributed by atoms with Gasteiger partial charge in [-0.2, -0.15) is 0 Å². The number of anilines is 1. The summed E-state index contributed by atoms with van der Waals surface area (Å²) >= 11 is 0. The SMILES string of the molecule is CON=C1C[C@@H](C(=O)NCCNc2ccccc2)N(C(=O)c2ccc(-c3ccncc3)cc2)C1. The van der Waals surface area contributed by atoms with Crippen LogP contribution < -0.4 is 10.6 Å². The summed E-state index contributed by atoms with van der Waals surface area (Å²) in [5.74, 6) is -0.428. The molecule has 0 aliphatic carbocycles. The number of likely N-dealkylation sites (tertiary alicyclic amines) is 1. The molecule has 2 N–H and O–H groups in total. The Labute approximate surface area is 198 Å². The van der Waals surface area contributed by atoms with E-state index in [1.54, 1.807) is 29.4 Å². The van der Waals surface area contributed by atoms with E-state index in [0.717, 1.165) is 16.8 Å². The number of hydrogen-bond acceptors (Lipinski definition) is 6. The molecular weight excluding hydrogens is 430 g/mol. The van der Waals surface area contributed by atoms with Crippen molar-refractivity contribution in [1.29, 1.82) is 0 Å². The smallest absolute Gasteiger partial charge is 0.254 e. The number of carbonyl (C=O) groups excluding carboxylic acids is 2. The molecule has 1 aromatic heterocycles. The van der Waals surface area contributed by atoms with Crippen molar-refractivity contribution in [2.45, 2.75) is 12.5 Å². The van der Waals surface area contributed by atoms with Crippen molar-refractivity contribution in [2.24, 2.45) is 5.16 Å². The molecule has 0 saturated carbocycles. The molecule has 2 aromatic carbocycles. The summed E-state index contributed by atoms with van der Waals surface area (Å²) in [7, 11) is 1.46. The number of rotatable bonds is 8. The summed E-state index contributed by atoms with van der Waals surface area (Å²) in [5, 5.41) is 10.2. The van der Waals surface area contributed by atoms with Gasteiger partial charge in [0.25, 0.3) is 5.91 Å². The maximum absolute atomic E-state index is 13.3. The number of amides is 2. The number of benzene rings is 2. The van der Waals surface area contributed by atoms with E-state index < -0.39 is 6.04 Å². The number of nitrogens with one attached hydrogen (secondary N) is 2. The van der Waals surface area contributed by atoms with Gasteiger partial charge in [-0.3, -0.25) is 14.6 Å². The highest BCUT2D eigenvalue weighted by molar-refractivity contribution is 6.05. The molecular formula is C26H27N5O3. The minimum atomic E-state index is -0.641. The Morgan fingerprint density at radius 1 is 1.00 bits per heavy atom. The van der Waals surface area contributed by atoms with E-state index in [1.807, 2.05) is 54.6 Å². The van der Waals surface area contributed by atoms with Crippen LogP contribution in [0.4, 0.5) is 5.69 Å². The van der Waals surface area contributed by atoms with Crippen molar-refractivity contribution in [3.05, 3.63) is 84.7 Å². The summed E-state index contributed by atoms with van der Waals surface area (Å²) in [4.78, 5) is 36.8. The lowest BCUT2D eigenvalue weighted by atomic mass is 10.0. The largest absolute Gasteiger partial charge is 0.399 e. The molecule has 1 saturated heterocycles. The van der Waals surface area contributed by atoms with Crippen molar-refractivity contribution in [1.82, 2.24) is 15.2 Å². The third kappa shape index (κ3) is 5.58. The highest BCUT2D eigenvalue weighted by Crippen LogP contribution is 2.23. The predicted octanol–water partition coefficient (Wildman–Crippen LogP) is 3.19. The van der Waals surface area contributed by atoms with Gasteiger partial charge < -0.3 is 20.4 Å². The van der Waals surface area contributed by atoms with Crippen LogP contribution in [0.2, 0.25) is 0 Å². The molecule has 1 atom stereocenters. The number of carbonyl (C=O) groups is 2. The molecule has 2 amide bonds. The molecule has 0 radical (unpaired) electrons. The quantitative estimate of drug-likeness (QED) is 0.400. The molecule has 1 fully saturated rings. The molecule has 174 valence electrons. The molecule has 3 aromatic rings. The molecule has 0 unspecified atom stereocenters. The number of oxime groups is 1. The van der Waals surface area contributed by atoms with Gasteiger partial charge in [0.05, 0.1) is 12.3 Å². The lowest BCUT2D eigenvalue weighted by Gasteiger charge is -2.23. The van der Waals surface area contributed by atoms with E-state index in [4.69, 9.17) is 4.84 Å². The van der Waals surface area contributed by atoms with Crippen LogP contribution in [0.5, 0.6) is 0 Å². The van der Waals surface area contributed by atoms with Crippen molar-refractivity contribution < 1.29 is 14.4 Å². The number of nitrogens with zero attached hydrogens (tertiary/aromatic N) is 3. The van der Waals surface area contributed by atoms with Gasteiger partial charge in [-0.15, -0.1) is 0 Å². The first-order chi connectivity index (χ1) is 16.7. The number of hydrogen-bond donors (Lipinski definition) is 2. The fourth-order valence-corrected chi connectivity index (χ4v) is 3.93. The van der Waals surface area contributed by atoms with E-state index in [-0.39, 0.29) is 18.4 Å². The molecule has 8 nitrogen and oxygen atoms in total. The summed E-state index contributed by atoms with van der Waals surface area (Å²) in [5.41, 5.74) is 4.17. The third-order valence-corrected chi connectivity index (χ3v) is 5.61. The van der Waals surface area contributed by atoms with E-state index >= 15 is 0 Å². The molecule has 8 heteroatoms. The number of aromatic nitrogens is 1. The van der Waals surface area contributed by atoms with Crippen LogP contribution in [0.3, 0.4) is 0 Å². The van der Waals surface area contributed by atoms with Crippen molar-refractivity contribution >= 4 is 23.2 Å². The van der Waals surface area contributed by atoms with Crippen LogP contribution in [-0.2, 0) is 9.63 Å². The minimum absolute atomic E-state index is 0.210. The fourth-order valence-electron chi connectivity index (χ4n) is 3.93. The Hall–Kier alpha value is -4.20. The topological polar surface area (TPSA) is 95.9 Å². The maximum atomic E-state index is 13.3. The van der Waals surface area contributed by atoms with E-state index in [1.165, 1.54) is 7.11 Å². The van der Waals surface area contributed by atoms with Crippen molar-refractivity contribution in [3.63, 3.8) is 0 Å². The highest BCUT2D eigenvalue weighted by atomic mass is 16.6. The first kappa shape index (κ1) is 23.0. The molecule has 0 spiro atoms. The van der Waals surface area contributed by atoms with Crippen LogP contribution in [0.25, 0.3) is 11.1 Å². The standard InChI is InChI=1S/C26H27N5O3/c1-34-30-23-17-24(25(32)29-16-15-28-22-5-3-2-4-6-22)31(18-23)26(33)21-9-7-19(8-10-21)20-11-13-27-14-12-20/h2-14,24,28H,15-18H2,1H3,(H,29,32)/t24-/m0/s1. The van der Waals surface area contributed by atoms with Crippen molar-refractivity contribution in [2.75, 3.05) is 32.1 Å². The van der Waals surface area contributed by atoms with Crippen LogP contribution in [0.1, 0.15) is 16.8 Å². The molecule has 34 heavy (non-hydrogen) atoms. The van der Waals surface area contributed by atoms with Gasteiger partial charge in [0, 0.05) is 43.2 Å². The normalized spacial score (nSPS) is 16.3. The van der Waals surface area contributed by atoms with Gasteiger partial charge in [0.15, 0.2) is 0 Å². The number of pyridine rings is 1. The van der Waals surface area contributed by atoms with Gasteiger partial charge in [-0.1, -0.05) is 35.5 Å². The fraction of sp³-hybridized carbons (Fsp3) is 0.231. The third-order valence-electron chi connectivity index (χ3n) is 5.61. The van der Waals surface area contributed by atoms with Gasteiger partial charge in [0.1, 0.15) is 13.2 Å². The summed E-state index contributed by atoms with van der Waals surface area (Å²) in [6, 6.07) is 20.3. The van der Waals surface area contributed by atoms with Crippen molar-refractivity contribution in [3.8, 4) is 11.1 Å². The monoisotopic (exact) mass is 457 g/mol. The Balaban J connectivity index is 1.41. The Morgan fingerprint density at radius 2 is 1.71 bits per heavy atom. The maximum Gasteiger partial charge on any atom is 0.254 e. The van der Waals surface area contributed by atoms with E-state index in [2.05, 4.69) is 20.8 Å². The van der Waals surface area contributed by atoms with Gasteiger partial charge in [-0.05, 0) is 47.5 Å². The second-order valence-corrected chi connectivity index (χ2v) is 7.89. The molecule has 2 heterocycles. The van der Waals surface area contributed by atoms with Gasteiger partial charge in [0.2, 0.25) is 5.91 Å². The first-order valence-corrected chi connectivity index (χ1v) is 11.1. The average Bonchev–Trinajstić information content (AvgIpc) is 3.31. The van der Waals surface area contributed by atoms with E-state index in [0.29, 0.717) is 30.8 Å². The van der Waals surface area contributed by atoms with Crippen LogP contribution >= 0.6 is 0 Å². The zero-order valence-electron chi connectivity index (χ0n) is 19.0. The number of para-hydroxylation sites is 1. The second-order valence-electron chi connectivity index (χ2n) is 7.89. The molecule has 0 bridgehead atoms. The van der Waals surface area contributed by atoms with Crippen LogP contribution in [0.15, 0.2) is 84.3 Å². The first-order valence-electron chi connectivity index (χ1n) is 11.1. The lowest BCUT2D eigenvalue weighted by molar-refractivity contribution is -0.124. The molecule has 1 aliphatic rings. The minimum Gasteiger partial charge on any atom is -0.399 e.